The van der Waals surface area contributed by atoms with Crippen LogP contribution in [0.3, 0.4) is 0 Å². The van der Waals surface area contributed by atoms with Crippen molar-refractivity contribution in [2.24, 2.45) is 0 Å². The van der Waals surface area contributed by atoms with E-state index in [4.69, 9.17) is 0 Å². The molecular formula is C12H17NW2. The van der Waals surface area contributed by atoms with E-state index in [2.05, 4.69) is 41.0 Å². The fourth-order valence-electron chi connectivity index (χ4n) is 1.03. The Morgan fingerprint density at radius 3 is 2.67 bits per heavy atom. The summed E-state index contributed by atoms with van der Waals surface area (Å²) in [6, 6.07) is 0. The van der Waals surface area contributed by atoms with Crippen molar-refractivity contribution < 1.29 is 38.7 Å². The number of hydrogen-bond acceptors (Lipinski definition) is 1. The van der Waals surface area contributed by atoms with Gasteiger partial charge in [0.1, 0.15) is 0 Å². The Labute approximate surface area is 115 Å². The summed E-state index contributed by atoms with van der Waals surface area (Å²) in [7, 11) is 0. The van der Waals surface area contributed by atoms with E-state index < -0.39 is 0 Å². The van der Waals surface area contributed by atoms with Gasteiger partial charge in [0.05, 0.1) is 0 Å². The molecule has 0 aliphatic carbocycles. The molecule has 0 saturated heterocycles. The Morgan fingerprint density at radius 2 is 2.13 bits per heavy atom. The number of hydrogen-bond donors (Lipinski definition) is 0. The molecular weight excluding hydrogens is 526 g/mol. The molecule has 0 aliphatic rings. The maximum absolute atomic E-state index is 3.67. The summed E-state index contributed by atoms with van der Waals surface area (Å²) >= 11 is 3.06. The monoisotopic (exact) mass is 543 g/mol. The fraction of sp³-hybridized carbons (Fsp3) is 0.333. The molecule has 0 heterocycles. The van der Waals surface area contributed by atoms with E-state index in [9.17, 15) is 0 Å². The number of nitrogens with zero attached hydrogens (tertiary/aromatic N) is 1. The second-order valence-electron chi connectivity index (χ2n) is 2.95. The van der Waals surface area contributed by atoms with Crippen LogP contribution in [-0.4, -0.2) is 32.8 Å². The Bertz CT molecular complexity index is 267. The maximum atomic E-state index is 3.67. The molecule has 0 amide bonds. The van der Waals surface area contributed by atoms with Gasteiger partial charge in [-0.3, -0.25) is 0 Å². The van der Waals surface area contributed by atoms with Gasteiger partial charge in [0.25, 0.3) is 0 Å². The quantitative estimate of drug-likeness (QED) is 0.422. The van der Waals surface area contributed by atoms with Crippen LogP contribution in [0.25, 0.3) is 0 Å². The Kier molecular flexibility index (Phi) is 11.0. The van der Waals surface area contributed by atoms with Gasteiger partial charge < -0.3 is 0 Å². The summed E-state index contributed by atoms with van der Waals surface area (Å²) < 4.78 is 3.64. The summed E-state index contributed by atoms with van der Waals surface area (Å²) in [5.41, 5.74) is 0. The van der Waals surface area contributed by atoms with E-state index in [0.717, 1.165) is 19.6 Å². The predicted octanol–water partition coefficient (Wildman–Crippen LogP) is 1.67. The average molecular weight is 543 g/mol. The van der Waals surface area contributed by atoms with Crippen molar-refractivity contribution >= 4 is 8.30 Å². The summed E-state index contributed by atoms with van der Waals surface area (Å²) in [6.07, 6.45) is 10.3. The molecule has 0 fully saturated rings. The van der Waals surface area contributed by atoms with Crippen molar-refractivity contribution in [1.82, 2.24) is 4.90 Å². The van der Waals surface area contributed by atoms with E-state index in [1.165, 1.54) is 23.3 Å². The van der Waals surface area contributed by atoms with Crippen molar-refractivity contribution in [2.45, 2.75) is 6.92 Å². The molecule has 0 spiro atoms. The molecule has 15 heavy (non-hydrogen) atoms. The molecule has 0 bridgehead atoms. The summed E-state index contributed by atoms with van der Waals surface area (Å²) in [4.78, 5) is 2.41. The minimum absolute atomic E-state index is 1.01. The molecule has 3 heteroatoms. The fourth-order valence-corrected chi connectivity index (χ4v) is 2.25. The van der Waals surface area contributed by atoms with E-state index in [1.54, 1.807) is 19.4 Å². The van der Waals surface area contributed by atoms with E-state index >= 15 is 0 Å². The van der Waals surface area contributed by atoms with Crippen LogP contribution in [0.1, 0.15) is 6.92 Å². The van der Waals surface area contributed by atoms with Crippen LogP contribution in [0.15, 0.2) is 37.0 Å². The molecule has 0 aromatic heterocycles. The molecule has 1 nitrogen and oxygen atoms in total. The zero-order valence-corrected chi connectivity index (χ0v) is 14.9. The second-order valence-corrected chi connectivity index (χ2v) is 5.81. The van der Waals surface area contributed by atoms with Crippen LogP contribution < -0.4 is 0 Å². The van der Waals surface area contributed by atoms with Gasteiger partial charge in [0, 0.05) is 0 Å². The molecule has 82 valence electrons. The van der Waals surface area contributed by atoms with Gasteiger partial charge >= 0.3 is 115 Å². The molecule has 0 aromatic carbocycles. The first kappa shape index (κ1) is 15.3. The molecule has 0 aromatic rings. The normalized spacial score (nSPS) is 11.3. The van der Waals surface area contributed by atoms with Gasteiger partial charge in [-0.15, -0.1) is 0 Å². The average Bonchev–Trinajstić information content (AvgIpc) is 2.25. The van der Waals surface area contributed by atoms with E-state index in [-0.39, 0.29) is 0 Å². The van der Waals surface area contributed by atoms with E-state index in [0.29, 0.717) is 0 Å². The number of likely N-dealkylation sites (N-methyl/N-ethyl adjacent to an activating group) is 1. The molecule has 0 atom stereocenters. The summed E-state index contributed by atoms with van der Waals surface area (Å²) in [5, 5.41) is 0. The van der Waals surface area contributed by atoms with Gasteiger partial charge in [-0.25, -0.2) is 0 Å². The summed E-state index contributed by atoms with van der Waals surface area (Å²) in [6.45, 7) is 9.04. The SMILES string of the molecule is C=CC=CCN(CC)C[C](=[W])C=C[CH]=[W]. The zero-order valence-electron chi connectivity index (χ0n) is 9.06. The van der Waals surface area contributed by atoms with Gasteiger partial charge in [0.2, 0.25) is 0 Å². The Morgan fingerprint density at radius 1 is 1.40 bits per heavy atom. The third-order valence-electron chi connectivity index (χ3n) is 1.82. The van der Waals surface area contributed by atoms with Crippen LogP contribution >= 0.6 is 0 Å². The third kappa shape index (κ3) is 9.24. The first-order chi connectivity index (χ1) is 7.24. The zero-order chi connectivity index (χ0) is 11.5. The van der Waals surface area contributed by atoms with Crippen molar-refractivity contribution in [3.63, 3.8) is 0 Å². The first-order valence-electron chi connectivity index (χ1n) is 4.89. The number of rotatable bonds is 8. The van der Waals surface area contributed by atoms with Crippen molar-refractivity contribution in [3.05, 3.63) is 37.0 Å². The molecule has 0 radical (unpaired) electrons. The Hall–Kier alpha value is 0.297. The van der Waals surface area contributed by atoms with Crippen molar-refractivity contribution in [3.8, 4) is 0 Å². The van der Waals surface area contributed by atoms with Crippen LogP contribution in [0.4, 0.5) is 0 Å². The van der Waals surface area contributed by atoms with Crippen LogP contribution in [0.2, 0.25) is 0 Å². The van der Waals surface area contributed by atoms with Crippen molar-refractivity contribution in [1.29, 1.82) is 0 Å². The molecule has 0 unspecified atom stereocenters. The predicted molar refractivity (Wildman–Crippen MR) is 61.7 cm³/mol. The van der Waals surface area contributed by atoms with Crippen molar-refractivity contribution in [2.75, 3.05) is 19.6 Å². The van der Waals surface area contributed by atoms with Crippen LogP contribution in [0, 0.1) is 0 Å². The van der Waals surface area contributed by atoms with Crippen LogP contribution in [-0.2, 0) is 38.7 Å². The molecule has 0 rings (SSSR count). The molecule has 0 aliphatic heterocycles. The second kappa shape index (κ2) is 10.8. The molecule has 0 N–H and O–H groups in total. The topological polar surface area (TPSA) is 3.24 Å². The standard InChI is InChI=1S/C12H17N.2W/c1-4-7-9-11-13(6-3)12-10-8-5-2;;/h1,4-5,7-8,10H,2,6,11-12H2,3H3;;. The minimum atomic E-state index is 1.01. The van der Waals surface area contributed by atoms with Crippen LogP contribution in [0.5, 0.6) is 0 Å². The van der Waals surface area contributed by atoms with E-state index in [1.807, 2.05) is 12.2 Å². The first-order valence-corrected chi connectivity index (χ1v) is 8.05. The van der Waals surface area contributed by atoms with Gasteiger partial charge in [-0.1, -0.05) is 0 Å². The van der Waals surface area contributed by atoms with Gasteiger partial charge in [-0.2, -0.15) is 0 Å². The summed E-state index contributed by atoms with van der Waals surface area (Å²) in [5.74, 6) is 0. The molecule has 0 saturated carbocycles. The third-order valence-corrected chi connectivity index (χ3v) is 3.34. The Balaban J connectivity index is 4.02. The van der Waals surface area contributed by atoms with Gasteiger partial charge in [0.15, 0.2) is 0 Å². The van der Waals surface area contributed by atoms with Gasteiger partial charge in [-0.05, 0) is 0 Å². The number of allylic oxidation sites excluding steroid dienone is 3.